The van der Waals surface area contributed by atoms with Crippen LogP contribution in [0.1, 0.15) is 24.2 Å². The van der Waals surface area contributed by atoms with Gasteiger partial charge in [-0.2, -0.15) is 11.3 Å². The van der Waals surface area contributed by atoms with E-state index in [2.05, 4.69) is 27.1 Å². The molecule has 1 unspecified atom stereocenters. The van der Waals surface area contributed by atoms with Crippen LogP contribution < -0.4 is 10.6 Å². The zero-order valence-corrected chi connectivity index (χ0v) is 14.0. The Balaban J connectivity index is 1.93. The number of hydrogen-bond donors (Lipinski definition) is 3. The van der Waals surface area contributed by atoms with Crippen LogP contribution in [0.25, 0.3) is 0 Å². The lowest BCUT2D eigenvalue weighted by Gasteiger charge is -2.16. The summed E-state index contributed by atoms with van der Waals surface area (Å²) in [5, 5.41) is 21.2. The standard InChI is InChI=1S/C16H20ClN3OS/c1-2-18-16(19-9-12-7-8-22-11-12)20-10-15(21)13-5-3-4-6-14(13)17/h3-8,11,15,21H,2,9-10H2,1H3,(H2,18,19,20). The molecule has 1 aromatic heterocycles. The largest absolute Gasteiger partial charge is 0.387 e. The van der Waals surface area contributed by atoms with Gasteiger partial charge in [-0.05, 0) is 35.4 Å². The molecule has 4 nitrogen and oxygen atoms in total. The Labute approximate surface area is 139 Å². The fourth-order valence-electron chi connectivity index (χ4n) is 1.94. The van der Waals surface area contributed by atoms with Crippen molar-refractivity contribution in [3.8, 4) is 0 Å². The maximum atomic E-state index is 10.2. The molecule has 2 rings (SSSR count). The van der Waals surface area contributed by atoms with E-state index in [4.69, 9.17) is 11.6 Å². The van der Waals surface area contributed by atoms with Crippen LogP contribution in [0.3, 0.4) is 0 Å². The van der Waals surface area contributed by atoms with Crippen molar-refractivity contribution in [2.45, 2.75) is 19.6 Å². The third kappa shape index (κ3) is 5.02. The zero-order chi connectivity index (χ0) is 15.8. The molecule has 0 saturated carbocycles. The van der Waals surface area contributed by atoms with Gasteiger partial charge in [0.15, 0.2) is 5.96 Å². The fourth-order valence-corrected chi connectivity index (χ4v) is 2.86. The summed E-state index contributed by atoms with van der Waals surface area (Å²) in [6.07, 6.45) is -0.682. The van der Waals surface area contributed by atoms with E-state index in [-0.39, 0.29) is 0 Å². The average molecular weight is 338 g/mol. The first-order valence-electron chi connectivity index (χ1n) is 7.16. The van der Waals surface area contributed by atoms with E-state index in [1.54, 1.807) is 17.4 Å². The normalized spacial score (nSPS) is 13.0. The van der Waals surface area contributed by atoms with Gasteiger partial charge in [-0.25, -0.2) is 4.99 Å². The Morgan fingerprint density at radius 2 is 2.14 bits per heavy atom. The SMILES string of the molecule is CCNC(=NCc1ccsc1)NCC(O)c1ccccc1Cl. The van der Waals surface area contributed by atoms with Crippen molar-refractivity contribution in [2.24, 2.45) is 4.99 Å². The molecule has 0 aliphatic heterocycles. The molecule has 0 bridgehead atoms. The summed E-state index contributed by atoms with van der Waals surface area (Å²) >= 11 is 7.75. The van der Waals surface area contributed by atoms with E-state index in [0.29, 0.717) is 29.6 Å². The van der Waals surface area contributed by atoms with Crippen LogP contribution in [0.5, 0.6) is 0 Å². The Morgan fingerprint density at radius 1 is 1.32 bits per heavy atom. The Kier molecular flexibility index (Phi) is 6.71. The van der Waals surface area contributed by atoms with Gasteiger partial charge >= 0.3 is 0 Å². The van der Waals surface area contributed by atoms with Crippen molar-refractivity contribution >= 4 is 28.9 Å². The van der Waals surface area contributed by atoms with Crippen LogP contribution in [0.4, 0.5) is 0 Å². The van der Waals surface area contributed by atoms with E-state index in [0.717, 1.165) is 6.54 Å². The predicted octanol–water partition coefficient (Wildman–Crippen LogP) is 3.19. The van der Waals surface area contributed by atoms with Crippen LogP contribution >= 0.6 is 22.9 Å². The second-order valence-electron chi connectivity index (χ2n) is 4.74. The molecule has 1 heterocycles. The summed E-state index contributed by atoms with van der Waals surface area (Å²) in [7, 11) is 0. The first kappa shape index (κ1) is 16.8. The molecule has 1 atom stereocenters. The summed E-state index contributed by atoms with van der Waals surface area (Å²) in [5.41, 5.74) is 1.89. The minimum absolute atomic E-state index is 0.346. The summed E-state index contributed by atoms with van der Waals surface area (Å²) in [5.74, 6) is 0.680. The number of nitrogens with zero attached hydrogens (tertiary/aromatic N) is 1. The third-order valence-electron chi connectivity index (χ3n) is 3.07. The van der Waals surface area contributed by atoms with Gasteiger partial charge in [0.25, 0.3) is 0 Å². The highest BCUT2D eigenvalue weighted by atomic mass is 35.5. The maximum absolute atomic E-state index is 10.2. The highest BCUT2D eigenvalue weighted by molar-refractivity contribution is 7.07. The van der Waals surface area contributed by atoms with Crippen LogP contribution in [0, 0.1) is 0 Å². The van der Waals surface area contributed by atoms with Crippen molar-refractivity contribution in [3.05, 3.63) is 57.2 Å². The summed E-state index contributed by atoms with van der Waals surface area (Å²) < 4.78 is 0. The second kappa shape index (κ2) is 8.78. The molecule has 0 fully saturated rings. The number of thiophene rings is 1. The highest BCUT2D eigenvalue weighted by Gasteiger charge is 2.11. The van der Waals surface area contributed by atoms with E-state index in [9.17, 15) is 5.11 Å². The van der Waals surface area contributed by atoms with Gasteiger partial charge < -0.3 is 15.7 Å². The van der Waals surface area contributed by atoms with Gasteiger partial charge in [-0.3, -0.25) is 0 Å². The number of aliphatic hydroxyl groups is 1. The molecule has 0 aliphatic rings. The average Bonchev–Trinajstić information content (AvgIpc) is 3.03. The number of aliphatic imine (C=N–C) groups is 1. The molecular weight excluding hydrogens is 318 g/mol. The van der Waals surface area contributed by atoms with Crippen molar-refractivity contribution in [1.29, 1.82) is 0 Å². The molecule has 2 aromatic rings. The molecule has 118 valence electrons. The minimum Gasteiger partial charge on any atom is -0.387 e. The molecule has 3 N–H and O–H groups in total. The van der Waals surface area contributed by atoms with Crippen molar-refractivity contribution in [3.63, 3.8) is 0 Å². The molecule has 0 radical (unpaired) electrons. The number of halogens is 1. The number of rotatable bonds is 6. The topological polar surface area (TPSA) is 56.7 Å². The predicted molar refractivity (Wildman–Crippen MR) is 93.5 cm³/mol. The van der Waals surface area contributed by atoms with Gasteiger partial charge in [0, 0.05) is 23.7 Å². The van der Waals surface area contributed by atoms with E-state index < -0.39 is 6.10 Å². The van der Waals surface area contributed by atoms with E-state index in [1.807, 2.05) is 30.5 Å². The zero-order valence-electron chi connectivity index (χ0n) is 12.4. The third-order valence-corrected chi connectivity index (χ3v) is 4.15. The van der Waals surface area contributed by atoms with Crippen LogP contribution in [-0.2, 0) is 6.54 Å². The van der Waals surface area contributed by atoms with Gasteiger partial charge in [0.1, 0.15) is 0 Å². The van der Waals surface area contributed by atoms with E-state index >= 15 is 0 Å². The molecule has 1 aromatic carbocycles. The Morgan fingerprint density at radius 3 is 2.82 bits per heavy atom. The number of nitrogens with one attached hydrogen (secondary N) is 2. The Hall–Kier alpha value is -1.56. The molecule has 0 aliphatic carbocycles. The van der Waals surface area contributed by atoms with E-state index in [1.165, 1.54) is 5.56 Å². The number of guanidine groups is 1. The van der Waals surface area contributed by atoms with Crippen molar-refractivity contribution < 1.29 is 5.11 Å². The second-order valence-corrected chi connectivity index (χ2v) is 5.93. The first-order chi connectivity index (χ1) is 10.7. The smallest absolute Gasteiger partial charge is 0.191 e. The number of benzene rings is 1. The van der Waals surface area contributed by atoms with Crippen LogP contribution in [-0.4, -0.2) is 24.2 Å². The lowest BCUT2D eigenvalue weighted by Crippen LogP contribution is -2.39. The summed E-state index contributed by atoms with van der Waals surface area (Å²) in [4.78, 5) is 4.50. The Bertz CT molecular complexity index is 601. The molecule has 0 saturated heterocycles. The summed E-state index contributed by atoms with van der Waals surface area (Å²) in [6, 6.07) is 9.36. The maximum Gasteiger partial charge on any atom is 0.191 e. The molecule has 22 heavy (non-hydrogen) atoms. The van der Waals surface area contributed by atoms with Crippen LogP contribution in [0.15, 0.2) is 46.1 Å². The first-order valence-corrected chi connectivity index (χ1v) is 8.48. The molecule has 0 spiro atoms. The molecular formula is C16H20ClN3OS. The van der Waals surface area contributed by atoms with Gasteiger partial charge in [0.05, 0.1) is 12.6 Å². The summed E-state index contributed by atoms with van der Waals surface area (Å²) in [6.45, 7) is 3.73. The quantitative estimate of drug-likeness (QED) is 0.560. The van der Waals surface area contributed by atoms with Gasteiger partial charge in [0.2, 0.25) is 0 Å². The van der Waals surface area contributed by atoms with Crippen LogP contribution in [0.2, 0.25) is 5.02 Å². The minimum atomic E-state index is -0.682. The number of hydrogen-bond acceptors (Lipinski definition) is 3. The lowest BCUT2D eigenvalue weighted by molar-refractivity contribution is 0.181. The van der Waals surface area contributed by atoms with Crippen molar-refractivity contribution in [1.82, 2.24) is 10.6 Å². The fraction of sp³-hybridized carbons (Fsp3) is 0.312. The lowest BCUT2D eigenvalue weighted by atomic mass is 10.1. The number of aliphatic hydroxyl groups excluding tert-OH is 1. The molecule has 6 heteroatoms. The highest BCUT2D eigenvalue weighted by Crippen LogP contribution is 2.21. The monoisotopic (exact) mass is 337 g/mol. The van der Waals surface area contributed by atoms with Gasteiger partial charge in [-0.1, -0.05) is 29.8 Å². The van der Waals surface area contributed by atoms with Gasteiger partial charge in [-0.15, -0.1) is 0 Å². The van der Waals surface area contributed by atoms with Crippen molar-refractivity contribution in [2.75, 3.05) is 13.1 Å². The molecule has 0 amide bonds.